The minimum atomic E-state index is -3.08. The monoisotopic (exact) mass is 285 g/mol. The van der Waals surface area contributed by atoms with E-state index in [9.17, 15) is 8.42 Å². The lowest BCUT2D eigenvalue weighted by Crippen LogP contribution is -2.42. The summed E-state index contributed by atoms with van der Waals surface area (Å²) in [5, 5.41) is 8.98. The Labute approximate surface area is 116 Å². The van der Waals surface area contributed by atoms with Gasteiger partial charge in [0.2, 0.25) is 0 Å². The van der Waals surface area contributed by atoms with Gasteiger partial charge in [-0.05, 0) is 32.0 Å². The van der Waals surface area contributed by atoms with Crippen molar-refractivity contribution in [2.45, 2.75) is 31.7 Å². The van der Waals surface area contributed by atoms with Crippen LogP contribution in [0.3, 0.4) is 0 Å². The number of rotatable bonds is 6. The summed E-state index contributed by atoms with van der Waals surface area (Å²) in [7, 11) is -1.17. The summed E-state index contributed by atoms with van der Waals surface area (Å²) in [4.78, 5) is 2.00. The molecule has 0 aromatic heterocycles. The fraction of sp³-hybridized carbons (Fsp3) is 0.571. The van der Waals surface area contributed by atoms with Crippen LogP contribution >= 0.6 is 0 Å². The van der Waals surface area contributed by atoms with E-state index >= 15 is 0 Å². The van der Waals surface area contributed by atoms with Gasteiger partial charge in [-0.25, -0.2) is 8.42 Å². The Bertz CT molecular complexity index is 506. The van der Waals surface area contributed by atoms with Gasteiger partial charge in [0.05, 0.1) is 11.4 Å². The first-order valence-electron chi connectivity index (χ1n) is 6.22. The predicted molar refractivity (Wildman–Crippen MR) is 77.6 cm³/mol. The van der Waals surface area contributed by atoms with Gasteiger partial charge in [0, 0.05) is 19.3 Å². The molecule has 0 saturated heterocycles. The molecule has 1 aromatic carbocycles. The standard InChI is InChI=1S/C14H23NO3S/c1-14(2,19(4,17)18)11-15(3)9-12-5-7-13(10-16)8-6-12/h5-8,16H,9-11H2,1-4H3. The van der Waals surface area contributed by atoms with Crippen molar-refractivity contribution in [3.8, 4) is 0 Å². The van der Waals surface area contributed by atoms with E-state index < -0.39 is 14.6 Å². The Hall–Kier alpha value is -0.910. The lowest BCUT2D eigenvalue weighted by Gasteiger charge is -2.28. The highest BCUT2D eigenvalue weighted by molar-refractivity contribution is 7.92. The normalized spacial score (nSPS) is 12.9. The van der Waals surface area contributed by atoms with E-state index in [2.05, 4.69) is 0 Å². The molecule has 0 bridgehead atoms. The molecule has 19 heavy (non-hydrogen) atoms. The van der Waals surface area contributed by atoms with Crippen molar-refractivity contribution in [1.82, 2.24) is 4.90 Å². The van der Waals surface area contributed by atoms with Crippen LogP contribution in [0.15, 0.2) is 24.3 Å². The fourth-order valence-corrected chi connectivity index (χ4v) is 2.34. The minimum absolute atomic E-state index is 0.0389. The molecule has 0 spiro atoms. The van der Waals surface area contributed by atoms with Crippen molar-refractivity contribution in [3.05, 3.63) is 35.4 Å². The summed E-state index contributed by atoms with van der Waals surface area (Å²) in [5.41, 5.74) is 1.98. The first-order chi connectivity index (χ1) is 8.65. The number of nitrogens with zero attached hydrogens (tertiary/aromatic N) is 1. The summed E-state index contributed by atoms with van der Waals surface area (Å²) in [6.45, 7) is 4.69. The van der Waals surface area contributed by atoms with E-state index in [-0.39, 0.29) is 6.61 Å². The van der Waals surface area contributed by atoms with Crippen LogP contribution in [0, 0.1) is 0 Å². The molecule has 0 radical (unpaired) electrons. The molecule has 0 aliphatic rings. The zero-order valence-corrected chi connectivity index (χ0v) is 12.9. The van der Waals surface area contributed by atoms with Crippen LogP contribution in [0.25, 0.3) is 0 Å². The van der Waals surface area contributed by atoms with Gasteiger partial charge in [0.1, 0.15) is 0 Å². The Morgan fingerprint density at radius 2 is 1.63 bits per heavy atom. The third-order valence-electron chi connectivity index (χ3n) is 3.31. The highest BCUT2D eigenvalue weighted by Crippen LogP contribution is 2.17. The van der Waals surface area contributed by atoms with Crippen LogP contribution in [0.5, 0.6) is 0 Å². The Kier molecular flexibility index (Phi) is 5.12. The van der Waals surface area contributed by atoms with Crippen molar-refractivity contribution in [2.75, 3.05) is 19.8 Å². The molecule has 0 atom stereocenters. The van der Waals surface area contributed by atoms with Gasteiger partial charge in [-0.3, -0.25) is 0 Å². The Balaban J connectivity index is 2.67. The summed E-state index contributed by atoms with van der Waals surface area (Å²) in [6, 6.07) is 7.67. The van der Waals surface area contributed by atoms with Gasteiger partial charge in [-0.2, -0.15) is 0 Å². The average molecular weight is 285 g/mol. The molecular formula is C14H23NO3S. The number of benzene rings is 1. The van der Waals surface area contributed by atoms with E-state index in [0.717, 1.165) is 11.1 Å². The van der Waals surface area contributed by atoms with Crippen molar-refractivity contribution in [2.24, 2.45) is 0 Å². The van der Waals surface area contributed by atoms with E-state index in [0.29, 0.717) is 13.1 Å². The Morgan fingerprint density at radius 1 is 1.16 bits per heavy atom. The summed E-state index contributed by atoms with van der Waals surface area (Å²) in [5.74, 6) is 0. The van der Waals surface area contributed by atoms with Crippen LogP contribution in [0.4, 0.5) is 0 Å². The van der Waals surface area contributed by atoms with Gasteiger partial charge in [0.15, 0.2) is 9.84 Å². The summed E-state index contributed by atoms with van der Waals surface area (Å²) >= 11 is 0. The van der Waals surface area contributed by atoms with Gasteiger partial charge in [-0.15, -0.1) is 0 Å². The topological polar surface area (TPSA) is 57.6 Å². The quantitative estimate of drug-likeness (QED) is 0.859. The van der Waals surface area contributed by atoms with Crippen LogP contribution in [0.2, 0.25) is 0 Å². The second-order valence-electron chi connectivity index (χ2n) is 5.68. The lowest BCUT2D eigenvalue weighted by atomic mass is 10.1. The predicted octanol–water partition coefficient (Wildman–Crippen LogP) is 1.43. The molecule has 0 aliphatic heterocycles. The second kappa shape index (κ2) is 6.03. The maximum atomic E-state index is 11.7. The van der Waals surface area contributed by atoms with E-state index in [1.807, 2.05) is 36.2 Å². The van der Waals surface area contributed by atoms with Crippen molar-refractivity contribution in [1.29, 1.82) is 0 Å². The largest absolute Gasteiger partial charge is 0.392 e. The molecule has 5 heteroatoms. The van der Waals surface area contributed by atoms with E-state index in [1.54, 1.807) is 13.8 Å². The molecule has 1 N–H and O–H groups in total. The summed E-state index contributed by atoms with van der Waals surface area (Å²) in [6.07, 6.45) is 1.27. The third-order valence-corrected chi connectivity index (χ3v) is 5.45. The van der Waals surface area contributed by atoms with E-state index in [4.69, 9.17) is 5.11 Å². The number of hydrogen-bond donors (Lipinski definition) is 1. The molecular weight excluding hydrogens is 262 g/mol. The first-order valence-corrected chi connectivity index (χ1v) is 8.12. The second-order valence-corrected chi connectivity index (χ2v) is 8.33. The van der Waals surface area contributed by atoms with Gasteiger partial charge in [0.25, 0.3) is 0 Å². The average Bonchev–Trinajstić information content (AvgIpc) is 2.27. The number of aliphatic hydroxyl groups is 1. The molecule has 0 unspecified atom stereocenters. The molecule has 108 valence electrons. The maximum absolute atomic E-state index is 11.7. The highest BCUT2D eigenvalue weighted by atomic mass is 32.2. The van der Waals surface area contributed by atoms with E-state index in [1.165, 1.54) is 6.26 Å². The molecule has 1 aromatic rings. The van der Waals surface area contributed by atoms with Crippen LogP contribution in [0.1, 0.15) is 25.0 Å². The Morgan fingerprint density at radius 3 is 2.05 bits per heavy atom. The molecule has 1 rings (SSSR count). The van der Waals surface area contributed by atoms with Crippen LogP contribution in [-0.4, -0.2) is 43.0 Å². The van der Waals surface area contributed by atoms with Crippen LogP contribution < -0.4 is 0 Å². The molecule has 0 aliphatic carbocycles. The number of hydrogen-bond acceptors (Lipinski definition) is 4. The number of sulfone groups is 1. The van der Waals surface area contributed by atoms with Gasteiger partial charge in [-0.1, -0.05) is 24.3 Å². The fourth-order valence-electron chi connectivity index (χ4n) is 1.88. The first kappa shape index (κ1) is 16.1. The lowest BCUT2D eigenvalue weighted by molar-refractivity contribution is 0.281. The zero-order valence-electron chi connectivity index (χ0n) is 12.0. The van der Waals surface area contributed by atoms with Crippen LogP contribution in [-0.2, 0) is 23.0 Å². The van der Waals surface area contributed by atoms with Gasteiger partial charge >= 0.3 is 0 Å². The minimum Gasteiger partial charge on any atom is -0.392 e. The highest BCUT2D eigenvalue weighted by Gasteiger charge is 2.31. The molecule has 0 fully saturated rings. The third kappa shape index (κ3) is 4.60. The van der Waals surface area contributed by atoms with Gasteiger partial charge < -0.3 is 10.0 Å². The molecule has 0 amide bonds. The molecule has 0 saturated carbocycles. The number of aliphatic hydroxyl groups excluding tert-OH is 1. The molecule has 4 nitrogen and oxygen atoms in total. The SMILES string of the molecule is CN(Cc1ccc(CO)cc1)CC(C)(C)S(C)(=O)=O. The smallest absolute Gasteiger partial charge is 0.153 e. The maximum Gasteiger partial charge on any atom is 0.153 e. The van der Waals surface area contributed by atoms with Crippen molar-refractivity contribution >= 4 is 9.84 Å². The zero-order chi connectivity index (χ0) is 14.7. The summed E-state index contributed by atoms with van der Waals surface area (Å²) < 4.78 is 22.6. The van der Waals surface area contributed by atoms with Crippen molar-refractivity contribution in [3.63, 3.8) is 0 Å². The molecule has 0 heterocycles. The van der Waals surface area contributed by atoms with Crippen molar-refractivity contribution < 1.29 is 13.5 Å².